The Morgan fingerprint density at radius 2 is 1.60 bits per heavy atom. The van der Waals surface area contributed by atoms with Crippen molar-refractivity contribution >= 4 is 5.91 Å². The SMILES string of the molecule is CCCCCCC/C(=C\C(=O)NCCC)N(CC)CC. The van der Waals surface area contributed by atoms with Gasteiger partial charge in [-0.25, -0.2) is 0 Å². The first-order valence-corrected chi connectivity index (χ1v) is 8.42. The number of hydrogen-bond donors (Lipinski definition) is 1. The van der Waals surface area contributed by atoms with Crippen LogP contribution in [0.15, 0.2) is 11.8 Å². The van der Waals surface area contributed by atoms with Crippen LogP contribution in [-0.2, 0) is 4.79 Å². The Kier molecular flexibility index (Phi) is 12.4. The molecule has 118 valence electrons. The number of nitrogens with zero attached hydrogens (tertiary/aromatic N) is 1. The van der Waals surface area contributed by atoms with E-state index in [0.717, 1.165) is 32.5 Å². The molecule has 20 heavy (non-hydrogen) atoms. The Morgan fingerprint density at radius 3 is 2.15 bits per heavy atom. The van der Waals surface area contributed by atoms with Crippen molar-refractivity contribution in [2.45, 2.75) is 72.6 Å². The van der Waals surface area contributed by atoms with Gasteiger partial charge >= 0.3 is 0 Å². The number of carbonyl (C=O) groups is 1. The predicted molar refractivity (Wildman–Crippen MR) is 87.7 cm³/mol. The third-order valence-corrected chi connectivity index (χ3v) is 3.55. The summed E-state index contributed by atoms with van der Waals surface area (Å²) in [6.45, 7) is 11.3. The first kappa shape index (κ1) is 19.0. The van der Waals surface area contributed by atoms with Crippen LogP contribution in [-0.4, -0.2) is 30.4 Å². The highest BCUT2D eigenvalue weighted by molar-refractivity contribution is 5.88. The van der Waals surface area contributed by atoms with Gasteiger partial charge in [0.05, 0.1) is 0 Å². The van der Waals surface area contributed by atoms with E-state index in [1.165, 1.54) is 37.8 Å². The van der Waals surface area contributed by atoms with Gasteiger partial charge in [-0.2, -0.15) is 0 Å². The van der Waals surface area contributed by atoms with Crippen LogP contribution in [0.2, 0.25) is 0 Å². The fraction of sp³-hybridized carbons (Fsp3) is 0.824. The Balaban J connectivity index is 4.40. The number of nitrogens with one attached hydrogen (secondary N) is 1. The highest BCUT2D eigenvalue weighted by Crippen LogP contribution is 2.15. The third-order valence-electron chi connectivity index (χ3n) is 3.55. The van der Waals surface area contributed by atoms with Crippen molar-refractivity contribution in [3.8, 4) is 0 Å². The third kappa shape index (κ3) is 9.00. The molecule has 0 aromatic carbocycles. The summed E-state index contributed by atoms with van der Waals surface area (Å²) in [5, 5.41) is 2.93. The van der Waals surface area contributed by atoms with Gasteiger partial charge in [0.2, 0.25) is 5.91 Å². The molecule has 0 saturated carbocycles. The van der Waals surface area contributed by atoms with Crippen LogP contribution in [0.4, 0.5) is 0 Å². The molecular weight excluding hydrogens is 248 g/mol. The van der Waals surface area contributed by atoms with Crippen molar-refractivity contribution in [2.75, 3.05) is 19.6 Å². The molecule has 0 aromatic rings. The lowest BCUT2D eigenvalue weighted by Gasteiger charge is -2.24. The summed E-state index contributed by atoms with van der Waals surface area (Å²) in [4.78, 5) is 14.2. The highest BCUT2D eigenvalue weighted by atomic mass is 16.1. The molecule has 0 fully saturated rings. The predicted octanol–water partition coefficient (Wildman–Crippen LogP) is 4.10. The van der Waals surface area contributed by atoms with Gasteiger partial charge in [0.15, 0.2) is 0 Å². The number of hydrogen-bond acceptors (Lipinski definition) is 2. The van der Waals surface area contributed by atoms with Crippen LogP contribution in [0.5, 0.6) is 0 Å². The molecule has 0 heterocycles. The van der Waals surface area contributed by atoms with E-state index < -0.39 is 0 Å². The van der Waals surface area contributed by atoms with E-state index in [2.05, 4.69) is 37.9 Å². The van der Waals surface area contributed by atoms with E-state index in [1.54, 1.807) is 0 Å². The molecule has 3 nitrogen and oxygen atoms in total. The van der Waals surface area contributed by atoms with Crippen molar-refractivity contribution in [3.63, 3.8) is 0 Å². The van der Waals surface area contributed by atoms with E-state index in [0.29, 0.717) is 0 Å². The largest absolute Gasteiger partial charge is 0.375 e. The lowest BCUT2D eigenvalue weighted by atomic mass is 10.1. The molecule has 1 N–H and O–H groups in total. The maximum Gasteiger partial charge on any atom is 0.245 e. The van der Waals surface area contributed by atoms with Crippen molar-refractivity contribution in [1.82, 2.24) is 10.2 Å². The topological polar surface area (TPSA) is 32.3 Å². The van der Waals surface area contributed by atoms with Crippen LogP contribution in [0.25, 0.3) is 0 Å². The maximum atomic E-state index is 11.9. The molecular formula is C17H34N2O. The number of amides is 1. The minimum Gasteiger partial charge on any atom is -0.375 e. The standard InChI is InChI=1S/C17H34N2O/c1-5-9-10-11-12-13-16(19(7-3)8-4)15-17(20)18-14-6-2/h15H,5-14H2,1-4H3,(H,18,20)/b16-15+. The summed E-state index contributed by atoms with van der Waals surface area (Å²) >= 11 is 0. The van der Waals surface area contributed by atoms with Gasteiger partial charge in [-0.05, 0) is 33.1 Å². The molecule has 0 aliphatic rings. The monoisotopic (exact) mass is 282 g/mol. The molecule has 0 bridgehead atoms. The minimum absolute atomic E-state index is 0.0577. The quantitative estimate of drug-likeness (QED) is 0.432. The van der Waals surface area contributed by atoms with Crippen molar-refractivity contribution in [3.05, 3.63) is 11.8 Å². The Morgan fingerprint density at radius 1 is 0.950 bits per heavy atom. The van der Waals surface area contributed by atoms with Gasteiger partial charge in [0, 0.05) is 31.4 Å². The summed E-state index contributed by atoms with van der Waals surface area (Å²) in [6, 6.07) is 0. The molecule has 0 aliphatic heterocycles. The Hall–Kier alpha value is -0.990. The zero-order chi connectivity index (χ0) is 15.2. The summed E-state index contributed by atoms with van der Waals surface area (Å²) in [5.41, 5.74) is 1.19. The lowest BCUT2D eigenvalue weighted by molar-refractivity contribution is -0.116. The first-order chi connectivity index (χ1) is 9.69. The zero-order valence-electron chi connectivity index (χ0n) is 14.0. The molecule has 0 rings (SSSR count). The second-order valence-electron chi connectivity index (χ2n) is 5.26. The second kappa shape index (κ2) is 13.0. The summed E-state index contributed by atoms with van der Waals surface area (Å²) in [7, 11) is 0. The molecule has 0 atom stereocenters. The Labute approximate surface area is 125 Å². The van der Waals surface area contributed by atoms with Gasteiger partial charge in [-0.15, -0.1) is 0 Å². The maximum absolute atomic E-state index is 11.9. The van der Waals surface area contributed by atoms with Crippen LogP contribution in [0, 0.1) is 0 Å². The van der Waals surface area contributed by atoms with Gasteiger partial charge in [-0.3, -0.25) is 4.79 Å². The summed E-state index contributed by atoms with van der Waals surface area (Å²) < 4.78 is 0. The fourth-order valence-corrected chi connectivity index (χ4v) is 2.31. The van der Waals surface area contributed by atoms with E-state index in [-0.39, 0.29) is 5.91 Å². The van der Waals surface area contributed by atoms with Gasteiger partial charge < -0.3 is 10.2 Å². The molecule has 3 heteroatoms. The number of rotatable bonds is 12. The second-order valence-corrected chi connectivity index (χ2v) is 5.26. The molecule has 0 aliphatic carbocycles. The van der Waals surface area contributed by atoms with E-state index in [4.69, 9.17) is 0 Å². The van der Waals surface area contributed by atoms with E-state index >= 15 is 0 Å². The average Bonchev–Trinajstić information content (AvgIpc) is 2.45. The normalized spacial score (nSPS) is 11.5. The lowest BCUT2D eigenvalue weighted by Crippen LogP contribution is -2.27. The van der Waals surface area contributed by atoms with Crippen LogP contribution < -0.4 is 5.32 Å². The van der Waals surface area contributed by atoms with Crippen molar-refractivity contribution < 1.29 is 4.79 Å². The van der Waals surface area contributed by atoms with Crippen LogP contribution in [0.1, 0.15) is 72.6 Å². The fourth-order valence-electron chi connectivity index (χ4n) is 2.31. The molecule has 0 spiro atoms. The molecule has 1 amide bonds. The highest BCUT2D eigenvalue weighted by Gasteiger charge is 2.08. The number of carbonyl (C=O) groups excluding carboxylic acids is 1. The molecule has 0 saturated heterocycles. The molecule has 0 unspecified atom stereocenters. The van der Waals surface area contributed by atoms with E-state index in [1.807, 2.05) is 6.08 Å². The van der Waals surface area contributed by atoms with Crippen molar-refractivity contribution in [2.24, 2.45) is 0 Å². The van der Waals surface area contributed by atoms with Gasteiger partial charge in [0.25, 0.3) is 0 Å². The van der Waals surface area contributed by atoms with Gasteiger partial charge in [-0.1, -0.05) is 39.5 Å². The zero-order valence-corrected chi connectivity index (χ0v) is 14.0. The summed E-state index contributed by atoms with van der Waals surface area (Å²) in [5.74, 6) is 0.0577. The average molecular weight is 282 g/mol. The number of allylic oxidation sites excluding steroid dienone is 1. The van der Waals surface area contributed by atoms with Crippen molar-refractivity contribution in [1.29, 1.82) is 0 Å². The number of unbranched alkanes of at least 4 members (excludes halogenated alkanes) is 4. The van der Waals surface area contributed by atoms with Crippen LogP contribution >= 0.6 is 0 Å². The smallest absolute Gasteiger partial charge is 0.245 e. The minimum atomic E-state index is 0.0577. The van der Waals surface area contributed by atoms with E-state index in [9.17, 15) is 4.79 Å². The molecule has 0 radical (unpaired) electrons. The first-order valence-electron chi connectivity index (χ1n) is 8.42. The van der Waals surface area contributed by atoms with Gasteiger partial charge in [0.1, 0.15) is 0 Å². The van der Waals surface area contributed by atoms with Crippen LogP contribution in [0.3, 0.4) is 0 Å². The Bertz CT molecular complexity index is 270. The molecule has 0 aromatic heterocycles. The summed E-state index contributed by atoms with van der Waals surface area (Å²) in [6.07, 6.45) is 10.2.